The molecule has 0 fully saturated rings. The lowest BCUT2D eigenvalue weighted by atomic mass is 10.1. The van der Waals surface area contributed by atoms with Crippen LogP contribution in [-0.4, -0.2) is 36.3 Å². The van der Waals surface area contributed by atoms with Crippen LogP contribution in [-0.2, 0) is 16.0 Å². The number of rotatable bonds is 8. The first-order chi connectivity index (χ1) is 13.5. The normalized spacial score (nSPS) is 9.93. The van der Waals surface area contributed by atoms with Gasteiger partial charge in [0, 0.05) is 5.69 Å². The van der Waals surface area contributed by atoms with Crippen LogP contribution in [0, 0.1) is 6.92 Å². The van der Waals surface area contributed by atoms with Gasteiger partial charge in [0.1, 0.15) is 5.56 Å². The van der Waals surface area contributed by atoms with E-state index in [4.69, 9.17) is 14.2 Å². The molecule has 0 aliphatic heterocycles. The number of benzene rings is 1. The maximum atomic E-state index is 12.6. The third-order valence-corrected chi connectivity index (χ3v) is 3.90. The maximum Gasteiger partial charge on any atom is 0.344 e. The fourth-order valence-electron chi connectivity index (χ4n) is 2.80. The van der Waals surface area contributed by atoms with E-state index in [-0.39, 0.29) is 24.3 Å². The summed E-state index contributed by atoms with van der Waals surface area (Å²) in [6, 6.07) is 9.76. The van der Waals surface area contributed by atoms with Gasteiger partial charge < -0.3 is 18.8 Å². The number of carbonyl (C=O) groups excluding carboxylic acids is 2. The molecule has 6 nitrogen and oxygen atoms in total. The van der Waals surface area contributed by atoms with Crippen LogP contribution < -0.4 is 4.74 Å². The second-order valence-electron chi connectivity index (χ2n) is 5.59. The molecule has 2 aromatic rings. The van der Waals surface area contributed by atoms with Crippen molar-refractivity contribution in [2.24, 2.45) is 0 Å². The zero-order valence-corrected chi connectivity index (χ0v) is 17.7. The van der Waals surface area contributed by atoms with Crippen LogP contribution in [0.2, 0.25) is 0 Å². The molecular weight excluding hydrogens is 358 g/mol. The Morgan fingerprint density at radius 3 is 1.89 bits per heavy atom. The summed E-state index contributed by atoms with van der Waals surface area (Å²) in [5.41, 5.74) is 1.96. The summed E-state index contributed by atoms with van der Waals surface area (Å²) in [6.45, 7) is 12.3. The van der Waals surface area contributed by atoms with E-state index < -0.39 is 11.9 Å². The van der Waals surface area contributed by atoms with Crippen molar-refractivity contribution in [3.05, 3.63) is 52.7 Å². The monoisotopic (exact) mass is 389 g/mol. The Balaban J connectivity index is 0.00000190. The van der Waals surface area contributed by atoms with E-state index in [9.17, 15) is 9.59 Å². The van der Waals surface area contributed by atoms with Crippen LogP contribution in [0.15, 0.2) is 30.3 Å². The van der Waals surface area contributed by atoms with E-state index in [1.807, 2.05) is 55.7 Å². The molecule has 0 spiro atoms. The van der Waals surface area contributed by atoms with Gasteiger partial charge in [0.25, 0.3) is 0 Å². The molecule has 1 aromatic carbocycles. The third kappa shape index (κ3) is 5.38. The molecule has 0 amide bonds. The Morgan fingerprint density at radius 1 is 0.857 bits per heavy atom. The van der Waals surface area contributed by atoms with Gasteiger partial charge in [-0.1, -0.05) is 44.2 Å². The SMILES string of the molecule is CC.CCOC(=O)c1c(C(=O)OCC)c(OCC)n(Cc2ccccc2)c1C. The molecule has 2 rings (SSSR count). The molecule has 0 aliphatic rings. The summed E-state index contributed by atoms with van der Waals surface area (Å²) >= 11 is 0. The van der Waals surface area contributed by atoms with Crippen LogP contribution in [0.1, 0.15) is 66.6 Å². The van der Waals surface area contributed by atoms with Crippen molar-refractivity contribution in [3.63, 3.8) is 0 Å². The highest BCUT2D eigenvalue weighted by Crippen LogP contribution is 2.32. The molecule has 0 aliphatic carbocycles. The maximum absolute atomic E-state index is 12.6. The lowest BCUT2D eigenvalue weighted by Gasteiger charge is -2.13. The second-order valence-corrected chi connectivity index (χ2v) is 5.59. The number of hydrogen-bond acceptors (Lipinski definition) is 5. The second kappa shape index (κ2) is 11.8. The standard InChI is InChI=1S/C20H25NO5.C2H6/c1-5-24-18-17(20(23)26-7-3)16(19(22)25-6-2)14(4)21(18)13-15-11-9-8-10-12-15;1-2/h8-12H,5-7,13H2,1-4H3;1-2H3. The fourth-order valence-corrected chi connectivity index (χ4v) is 2.80. The van der Waals surface area contributed by atoms with Gasteiger partial charge in [0.2, 0.25) is 5.88 Å². The lowest BCUT2D eigenvalue weighted by Crippen LogP contribution is -2.14. The van der Waals surface area contributed by atoms with E-state index in [0.29, 0.717) is 24.7 Å². The van der Waals surface area contributed by atoms with Crippen LogP contribution in [0.25, 0.3) is 0 Å². The van der Waals surface area contributed by atoms with Crippen LogP contribution in [0.5, 0.6) is 5.88 Å². The Hall–Kier alpha value is -2.76. The molecule has 0 N–H and O–H groups in total. The zero-order valence-electron chi connectivity index (χ0n) is 17.7. The van der Waals surface area contributed by atoms with Crippen LogP contribution in [0.3, 0.4) is 0 Å². The molecule has 0 unspecified atom stereocenters. The topological polar surface area (TPSA) is 66.8 Å². The molecule has 0 saturated carbocycles. The molecule has 1 aromatic heterocycles. The number of carbonyl (C=O) groups is 2. The van der Waals surface area contributed by atoms with E-state index in [1.165, 1.54) is 0 Å². The molecule has 0 saturated heterocycles. The summed E-state index contributed by atoms with van der Waals surface area (Å²) in [6.07, 6.45) is 0. The predicted molar refractivity (Wildman–Crippen MR) is 109 cm³/mol. The first-order valence-corrected chi connectivity index (χ1v) is 9.79. The average Bonchev–Trinajstić information content (AvgIpc) is 2.97. The molecule has 28 heavy (non-hydrogen) atoms. The lowest BCUT2D eigenvalue weighted by molar-refractivity contribution is 0.0476. The van der Waals surface area contributed by atoms with Gasteiger partial charge in [0.15, 0.2) is 0 Å². The van der Waals surface area contributed by atoms with E-state index in [0.717, 1.165) is 5.56 Å². The van der Waals surface area contributed by atoms with E-state index in [1.54, 1.807) is 20.8 Å². The van der Waals surface area contributed by atoms with Crippen molar-refractivity contribution in [1.82, 2.24) is 4.57 Å². The molecule has 154 valence electrons. The van der Waals surface area contributed by atoms with Crippen LogP contribution >= 0.6 is 0 Å². The Bertz CT molecular complexity index is 765. The van der Waals surface area contributed by atoms with Crippen molar-refractivity contribution in [1.29, 1.82) is 0 Å². The summed E-state index contributed by atoms with van der Waals surface area (Å²) in [5.74, 6) is -0.815. The van der Waals surface area contributed by atoms with Gasteiger partial charge in [-0.3, -0.25) is 0 Å². The average molecular weight is 389 g/mol. The molecule has 0 radical (unpaired) electrons. The van der Waals surface area contributed by atoms with E-state index in [2.05, 4.69) is 0 Å². The van der Waals surface area contributed by atoms with Gasteiger partial charge in [-0.15, -0.1) is 0 Å². The number of esters is 2. The van der Waals surface area contributed by atoms with Crippen LogP contribution in [0.4, 0.5) is 0 Å². The molecule has 6 heteroatoms. The highest BCUT2D eigenvalue weighted by molar-refractivity contribution is 6.06. The molecule has 0 atom stereocenters. The largest absolute Gasteiger partial charge is 0.478 e. The summed E-state index contributed by atoms with van der Waals surface area (Å²) in [4.78, 5) is 25.1. The van der Waals surface area contributed by atoms with Crippen molar-refractivity contribution >= 4 is 11.9 Å². The van der Waals surface area contributed by atoms with Gasteiger partial charge in [0.05, 0.1) is 31.9 Å². The summed E-state index contributed by atoms with van der Waals surface area (Å²) < 4.78 is 17.9. The van der Waals surface area contributed by atoms with E-state index >= 15 is 0 Å². The van der Waals surface area contributed by atoms with Crippen molar-refractivity contribution in [2.75, 3.05) is 19.8 Å². The van der Waals surface area contributed by atoms with Gasteiger partial charge >= 0.3 is 11.9 Å². The minimum absolute atomic E-state index is 0.126. The van der Waals surface area contributed by atoms with Gasteiger partial charge in [-0.2, -0.15) is 0 Å². The number of aromatic nitrogens is 1. The number of hydrogen-bond donors (Lipinski definition) is 0. The minimum Gasteiger partial charge on any atom is -0.478 e. The quantitative estimate of drug-likeness (QED) is 0.616. The summed E-state index contributed by atoms with van der Waals surface area (Å²) in [7, 11) is 0. The Kier molecular flexibility index (Phi) is 9.85. The minimum atomic E-state index is -0.589. The predicted octanol–water partition coefficient (Wildman–Crippen LogP) is 4.62. The highest BCUT2D eigenvalue weighted by atomic mass is 16.5. The number of ether oxygens (including phenoxy) is 3. The molecule has 0 bridgehead atoms. The van der Waals surface area contributed by atoms with Gasteiger partial charge in [-0.05, 0) is 33.3 Å². The number of nitrogens with zero attached hydrogens (tertiary/aromatic N) is 1. The smallest absolute Gasteiger partial charge is 0.344 e. The molecular formula is C22H31NO5. The van der Waals surface area contributed by atoms with Crippen molar-refractivity contribution in [2.45, 2.75) is 48.1 Å². The Morgan fingerprint density at radius 2 is 1.39 bits per heavy atom. The van der Waals surface area contributed by atoms with Crippen molar-refractivity contribution in [3.8, 4) is 5.88 Å². The first-order valence-electron chi connectivity index (χ1n) is 9.79. The van der Waals surface area contributed by atoms with Crippen molar-refractivity contribution < 1.29 is 23.8 Å². The Labute approximate surface area is 167 Å². The first kappa shape index (κ1) is 23.3. The zero-order chi connectivity index (χ0) is 21.1. The molecule has 1 heterocycles. The van der Waals surface area contributed by atoms with Gasteiger partial charge in [-0.25, -0.2) is 9.59 Å². The highest BCUT2D eigenvalue weighted by Gasteiger charge is 2.32. The fraction of sp³-hybridized carbons (Fsp3) is 0.455. The summed E-state index contributed by atoms with van der Waals surface area (Å²) in [5, 5.41) is 0. The third-order valence-electron chi connectivity index (χ3n) is 3.90.